The summed E-state index contributed by atoms with van der Waals surface area (Å²) in [7, 11) is 1.64. The van der Waals surface area contributed by atoms with Crippen molar-refractivity contribution in [3.05, 3.63) is 77.5 Å². The Hall–Kier alpha value is -3.92. The van der Waals surface area contributed by atoms with Crippen LogP contribution < -0.4 is 15.4 Å². The van der Waals surface area contributed by atoms with Crippen molar-refractivity contribution in [1.82, 2.24) is 10.2 Å². The maximum atomic E-state index is 12.3. The number of carbonyl (C=O) groups excluding carboxylic acids is 1. The molecule has 3 rings (SSSR count). The van der Waals surface area contributed by atoms with Gasteiger partial charge in [0.1, 0.15) is 17.6 Å². The SMILES string of the molecule is COc1cccc(CCNc2ccc(C(=O)Nc3ccccc3C#N)nn2)c1. The van der Waals surface area contributed by atoms with Crippen LogP contribution in [0, 0.1) is 11.3 Å². The number of ether oxygens (including phenoxy) is 1. The number of methoxy groups -OCH3 is 1. The molecule has 2 N–H and O–H groups in total. The molecule has 7 nitrogen and oxygen atoms in total. The molecule has 0 unspecified atom stereocenters. The third kappa shape index (κ3) is 4.83. The zero-order valence-corrected chi connectivity index (χ0v) is 15.3. The summed E-state index contributed by atoms with van der Waals surface area (Å²) >= 11 is 0. The zero-order chi connectivity index (χ0) is 19.8. The van der Waals surface area contributed by atoms with Gasteiger partial charge in [-0.3, -0.25) is 4.79 Å². The molecule has 0 aliphatic carbocycles. The Morgan fingerprint density at radius 2 is 1.96 bits per heavy atom. The van der Waals surface area contributed by atoms with Gasteiger partial charge in [-0.2, -0.15) is 5.26 Å². The molecule has 0 spiro atoms. The Morgan fingerprint density at radius 1 is 1.11 bits per heavy atom. The van der Waals surface area contributed by atoms with E-state index >= 15 is 0 Å². The number of aromatic nitrogens is 2. The first kappa shape index (κ1) is 18.9. The number of nitrogens with zero attached hydrogens (tertiary/aromatic N) is 3. The molecule has 0 saturated heterocycles. The molecule has 0 aliphatic heterocycles. The molecule has 3 aromatic rings. The van der Waals surface area contributed by atoms with E-state index in [9.17, 15) is 4.79 Å². The topological polar surface area (TPSA) is 99.9 Å². The second-order valence-corrected chi connectivity index (χ2v) is 5.94. The van der Waals surface area contributed by atoms with Crippen molar-refractivity contribution in [3.8, 4) is 11.8 Å². The molecule has 0 bridgehead atoms. The first-order chi connectivity index (χ1) is 13.7. The number of hydrogen-bond acceptors (Lipinski definition) is 6. The Labute approximate surface area is 163 Å². The summed E-state index contributed by atoms with van der Waals surface area (Å²) in [6.45, 7) is 0.670. The highest BCUT2D eigenvalue weighted by molar-refractivity contribution is 6.03. The van der Waals surface area contributed by atoms with Crippen LogP contribution in [0.5, 0.6) is 5.75 Å². The summed E-state index contributed by atoms with van der Waals surface area (Å²) in [4.78, 5) is 12.3. The molecule has 2 aromatic carbocycles. The second kappa shape index (κ2) is 9.14. The lowest BCUT2D eigenvalue weighted by Crippen LogP contribution is -2.16. The highest BCUT2D eigenvalue weighted by atomic mass is 16.5. The molecule has 1 amide bonds. The number of amides is 1. The van der Waals surface area contributed by atoms with Crippen molar-refractivity contribution in [2.75, 3.05) is 24.3 Å². The fourth-order valence-electron chi connectivity index (χ4n) is 2.59. The van der Waals surface area contributed by atoms with Crippen LogP contribution in [0.2, 0.25) is 0 Å². The summed E-state index contributed by atoms with van der Waals surface area (Å²) in [6, 6.07) is 20.0. The van der Waals surface area contributed by atoms with E-state index < -0.39 is 5.91 Å². The first-order valence-electron chi connectivity index (χ1n) is 8.70. The van der Waals surface area contributed by atoms with Crippen LogP contribution >= 0.6 is 0 Å². The van der Waals surface area contributed by atoms with Crippen molar-refractivity contribution < 1.29 is 9.53 Å². The lowest BCUT2D eigenvalue weighted by molar-refractivity contribution is 0.102. The standard InChI is InChI=1S/C21H19N5O2/c1-28-17-7-4-5-15(13-17)11-12-23-20-10-9-19(25-26-20)21(27)24-18-8-3-2-6-16(18)14-22/h2-10,13H,11-12H2,1H3,(H,23,26)(H,24,27). The minimum atomic E-state index is -0.418. The van der Waals surface area contributed by atoms with Gasteiger partial charge in [0.05, 0.1) is 18.4 Å². The van der Waals surface area contributed by atoms with Gasteiger partial charge in [-0.1, -0.05) is 24.3 Å². The predicted molar refractivity (Wildman–Crippen MR) is 106 cm³/mol. The fourth-order valence-corrected chi connectivity index (χ4v) is 2.59. The molecule has 0 saturated carbocycles. The number of nitrogens with one attached hydrogen (secondary N) is 2. The van der Waals surface area contributed by atoms with Gasteiger partial charge in [0, 0.05) is 6.54 Å². The molecule has 1 aromatic heterocycles. The normalized spacial score (nSPS) is 10.0. The number of carbonyl (C=O) groups is 1. The van der Waals surface area contributed by atoms with Crippen molar-refractivity contribution >= 4 is 17.4 Å². The second-order valence-electron chi connectivity index (χ2n) is 5.94. The quantitative estimate of drug-likeness (QED) is 0.659. The van der Waals surface area contributed by atoms with Crippen molar-refractivity contribution in [1.29, 1.82) is 5.26 Å². The molecule has 0 radical (unpaired) electrons. The minimum Gasteiger partial charge on any atom is -0.497 e. The molecule has 28 heavy (non-hydrogen) atoms. The number of hydrogen-bond donors (Lipinski definition) is 2. The Morgan fingerprint density at radius 3 is 2.71 bits per heavy atom. The molecular formula is C21H19N5O2. The molecule has 7 heteroatoms. The number of benzene rings is 2. The largest absolute Gasteiger partial charge is 0.497 e. The molecule has 1 heterocycles. The van der Waals surface area contributed by atoms with E-state index in [-0.39, 0.29) is 5.69 Å². The molecular weight excluding hydrogens is 354 g/mol. The van der Waals surface area contributed by atoms with Gasteiger partial charge in [0.15, 0.2) is 5.69 Å². The van der Waals surface area contributed by atoms with Crippen molar-refractivity contribution in [3.63, 3.8) is 0 Å². The van der Waals surface area contributed by atoms with Crippen LogP contribution in [-0.4, -0.2) is 29.8 Å². The van der Waals surface area contributed by atoms with E-state index in [1.54, 1.807) is 43.5 Å². The summed E-state index contributed by atoms with van der Waals surface area (Å²) in [6.07, 6.45) is 0.798. The van der Waals surface area contributed by atoms with Crippen LogP contribution in [0.3, 0.4) is 0 Å². The van der Waals surface area contributed by atoms with E-state index in [0.29, 0.717) is 23.6 Å². The highest BCUT2D eigenvalue weighted by Crippen LogP contribution is 2.15. The third-order valence-corrected chi connectivity index (χ3v) is 4.05. The third-order valence-electron chi connectivity index (χ3n) is 4.05. The molecule has 0 atom stereocenters. The Balaban J connectivity index is 1.55. The number of para-hydroxylation sites is 1. The molecule has 0 fully saturated rings. The monoisotopic (exact) mass is 373 g/mol. The van der Waals surface area contributed by atoms with Gasteiger partial charge >= 0.3 is 0 Å². The van der Waals surface area contributed by atoms with Gasteiger partial charge in [-0.25, -0.2) is 0 Å². The van der Waals surface area contributed by atoms with E-state index in [4.69, 9.17) is 10.00 Å². The summed E-state index contributed by atoms with van der Waals surface area (Å²) in [5, 5.41) is 22.9. The molecule has 0 aliphatic rings. The summed E-state index contributed by atoms with van der Waals surface area (Å²) in [5.41, 5.74) is 2.15. The van der Waals surface area contributed by atoms with Crippen molar-refractivity contribution in [2.45, 2.75) is 6.42 Å². The molecule has 140 valence electrons. The zero-order valence-electron chi connectivity index (χ0n) is 15.3. The van der Waals surface area contributed by atoms with Crippen LogP contribution in [0.1, 0.15) is 21.6 Å². The Bertz CT molecular complexity index is 996. The van der Waals surface area contributed by atoms with Crippen LogP contribution in [0.15, 0.2) is 60.7 Å². The van der Waals surface area contributed by atoms with Gasteiger partial charge in [-0.15, -0.1) is 10.2 Å². The number of rotatable bonds is 7. The van der Waals surface area contributed by atoms with E-state index in [2.05, 4.69) is 20.8 Å². The van der Waals surface area contributed by atoms with Crippen LogP contribution in [0.4, 0.5) is 11.5 Å². The summed E-state index contributed by atoms with van der Waals surface area (Å²) in [5.74, 6) is 0.987. The van der Waals surface area contributed by atoms with E-state index in [1.807, 2.05) is 30.3 Å². The van der Waals surface area contributed by atoms with E-state index in [1.165, 1.54) is 0 Å². The number of nitriles is 1. The first-order valence-corrected chi connectivity index (χ1v) is 8.70. The minimum absolute atomic E-state index is 0.172. The lowest BCUT2D eigenvalue weighted by Gasteiger charge is -2.08. The van der Waals surface area contributed by atoms with Crippen molar-refractivity contribution in [2.24, 2.45) is 0 Å². The Kier molecular flexibility index (Phi) is 6.16. The fraction of sp³-hybridized carbons (Fsp3) is 0.143. The van der Waals surface area contributed by atoms with E-state index in [0.717, 1.165) is 17.7 Å². The van der Waals surface area contributed by atoms with Gasteiger partial charge in [0.25, 0.3) is 5.91 Å². The van der Waals surface area contributed by atoms with Gasteiger partial charge in [0.2, 0.25) is 0 Å². The summed E-state index contributed by atoms with van der Waals surface area (Å²) < 4.78 is 5.21. The maximum Gasteiger partial charge on any atom is 0.276 e. The number of anilines is 2. The lowest BCUT2D eigenvalue weighted by atomic mass is 10.1. The van der Waals surface area contributed by atoms with Gasteiger partial charge in [-0.05, 0) is 48.4 Å². The van der Waals surface area contributed by atoms with Crippen LogP contribution in [0.25, 0.3) is 0 Å². The maximum absolute atomic E-state index is 12.3. The average Bonchev–Trinajstić information content (AvgIpc) is 2.74. The average molecular weight is 373 g/mol. The predicted octanol–water partition coefficient (Wildman–Crippen LogP) is 3.26. The van der Waals surface area contributed by atoms with Gasteiger partial charge < -0.3 is 15.4 Å². The smallest absolute Gasteiger partial charge is 0.276 e. The highest BCUT2D eigenvalue weighted by Gasteiger charge is 2.11. The van der Waals surface area contributed by atoms with Crippen LogP contribution in [-0.2, 0) is 6.42 Å².